The molecule has 0 bridgehead atoms. The number of alkyl halides is 5. The van der Waals surface area contributed by atoms with Gasteiger partial charge in [-0.3, -0.25) is 4.79 Å². The third kappa shape index (κ3) is 7.87. The van der Waals surface area contributed by atoms with Gasteiger partial charge in [0.05, 0.1) is 7.11 Å². The highest BCUT2D eigenvalue weighted by molar-refractivity contribution is 8.00. The topological polar surface area (TPSA) is 26.3 Å². The average molecular weight is 336 g/mol. The number of halogens is 5. The van der Waals surface area contributed by atoms with Crippen molar-refractivity contribution in [3.63, 3.8) is 0 Å². The number of methoxy groups -OCH3 is 1. The fourth-order valence-electron chi connectivity index (χ4n) is 1.61. The molecule has 0 spiro atoms. The maximum atomic E-state index is 12.7. The molecule has 0 radical (unpaired) electrons. The van der Waals surface area contributed by atoms with E-state index in [9.17, 15) is 26.7 Å². The van der Waals surface area contributed by atoms with Crippen molar-refractivity contribution in [1.82, 2.24) is 0 Å². The van der Waals surface area contributed by atoms with Gasteiger partial charge in [0.2, 0.25) is 0 Å². The van der Waals surface area contributed by atoms with E-state index in [4.69, 9.17) is 0 Å². The van der Waals surface area contributed by atoms with Gasteiger partial charge >= 0.3 is 18.1 Å². The van der Waals surface area contributed by atoms with Crippen LogP contribution >= 0.6 is 11.8 Å². The molecule has 0 aromatic rings. The monoisotopic (exact) mass is 336 g/mol. The van der Waals surface area contributed by atoms with Crippen LogP contribution in [0.1, 0.15) is 45.4 Å². The van der Waals surface area contributed by atoms with Crippen molar-refractivity contribution in [3.05, 3.63) is 0 Å². The van der Waals surface area contributed by atoms with E-state index in [0.717, 1.165) is 12.8 Å². The maximum Gasteiger partial charge on any atom is 0.453 e. The second kappa shape index (κ2) is 9.48. The number of thioether (sulfide) groups is 1. The average Bonchev–Trinajstić information content (AvgIpc) is 2.39. The Labute approximate surface area is 125 Å². The zero-order valence-electron chi connectivity index (χ0n) is 12.1. The molecule has 0 aromatic heterocycles. The molecule has 0 aromatic carbocycles. The van der Waals surface area contributed by atoms with E-state index in [1.54, 1.807) is 0 Å². The molecule has 0 aliphatic heterocycles. The number of hydrogen-bond acceptors (Lipinski definition) is 3. The van der Waals surface area contributed by atoms with Gasteiger partial charge < -0.3 is 4.74 Å². The summed E-state index contributed by atoms with van der Waals surface area (Å²) in [6.45, 7) is 1.97. The van der Waals surface area contributed by atoms with E-state index in [-0.39, 0.29) is 24.1 Å². The smallest absolute Gasteiger partial charge is 0.453 e. The summed E-state index contributed by atoms with van der Waals surface area (Å²) in [6.07, 6.45) is -4.38. The van der Waals surface area contributed by atoms with Crippen LogP contribution in [-0.4, -0.2) is 36.2 Å². The molecule has 1 unspecified atom stereocenters. The molecule has 8 heteroatoms. The second-order valence-corrected chi connectivity index (χ2v) is 5.99. The third-order valence-corrected chi connectivity index (χ3v) is 4.26. The summed E-state index contributed by atoms with van der Waals surface area (Å²) < 4.78 is 65.8. The van der Waals surface area contributed by atoms with Crippen LogP contribution in [0.15, 0.2) is 0 Å². The molecular weight excluding hydrogens is 315 g/mol. The van der Waals surface area contributed by atoms with Crippen molar-refractivity contribution in [2.45, 2.75) is 62.8 Å². The van der Waals surface area contributed by atoms with Gasteiger partial charge in [0, 0.05) is 6.42 Å². The van der Waals surface area contributed by atoms with E-state index >= 15 is 0 Å². The van der Waals surface area contributed by atoms with Crippen LogP contribution < -0.4 is 0 Å². The summed E-state index contributed by atoms with van der Waals surface area (Å²) in [4.78, 5) is 11.5. The zero-order chi connectivity index (χ0) is 16.5. The molecule has 0 aliphatic carbocycles. The summed E-state index contributed by atoms with van der Waals surface area (Å²) in [5.41, 5.74) is 0. The first kappa shape index (κ1) is 20.5. The van der Waals surface area contributed by atoms with E-state index in [1.807, 2.05) is 6.92 Å². The SMILES string of the molecule is CCCCC(SCCCCC(F)(F)C(F)(F)F)C(=O)OC. The summed E-state index contributed by atoms with van der Waals surface area (Å²) in [5.74, 6) is -4.66. The Kier molecular flexibility index (Phi) is 9.24. The Morgan fingerprint density at radius 2 is 1.76 bits per heavy atom. The van der Waals surface area contributed by atoms with Crippen molar-refractivity contribution in [2.75, 3.05) is 12.9 Å². The van der Waals surface area contributed by atoms with Gasteiger partial charge in [-0.15, -0.1) is 11.8 Å². The quantitative estimate of drug-likeness (QED) is 0.325. The Morgan fingerprint density at radius 3 is 2.24 bits per heavy atom. The molecule has 21 heavy (non-hydrogen) atoms. The fourth-order valence-corrected chi connectivity index (χ4v) is 2.83. The lowest BCUT2D eigenvalue weighted by Crippen LogP contribution is -2.36. The van der Waals surface area contributed by atoms with E-state index in [0.29, 0.717) is 12.2 Å². The first-order chi connectivity index (χ1) is 9.65. The number of hydrogen-bond donors (Lipinski definition) is 0. The lowest BCUT2D eigenvalue weighted by atomic mass is 10.1. The van der Waals surface area contributed by atoms with Crippen LogP contribution in [0.2, 0.25) is 0 Å². The minimum Gasteiger partial charge on any atom is -0.468 e. The molecule has 1 atom stereocenters. The van der Waals surface area contributed by atoms with Crippen molar-refractivity contribution in [2.24, 2.45) is 0 Å². The first-order valence-corrected chi connectivity index (χ1v) is 7.84. The van der Waals surface area contributed by atoms with Crippen LogP contribution in [0.4, 0.5) is 22.0 Å². The number of carbonyl (C=O) groups excluding carboxylic acids is 1. The first-order valence-electron chi connectivity index (χ1n) is 6.79. The van der Waals surface area contributed by atoms with Gasteiger partial charge in [-0.25, -0.2) is 0 Å². The molecular formula is C13H21F5O2S. The molecule has 0 aliphatic rings. The third-order valence-electron chi connectivity index (χ3n) is 2.90. The van der Waals surface area contributed by atoms with Crippen molar-refractivity contribution < 1.29 is 31.5 Å². The van der Waals surface area contributed by atoms with Gasteiger partial charge in [0.15, 0.2) is 0 Å². The predicted molar refractivity (Wildman–Crippen MR) is 72.6 cm³/mol. The van der Waals surface area contributed by atoms with Gasteiger partial charge in [0.25, 0.3) is 0 Å². The second-order valence-electron chi connectivity index (χ2n) is 4.68. The Balaban J connectivity index is 4.03. The fraction of sp³-hybridized carbons (Fsp3) is 0.923. The van der Waals surface area contributed by atoms with Crippen LogP contribution in [0.25, 0.3) is 0 Å². The zero-order valence-corrected chi connectivity index (χ0v) is 13.0. The van der Waals surface area contributed by atoms with Crippen LogP contribution in [0.3, 0.4) is 0 Å². The molecule has 0 saturated heterocycles. The Hall–Kier alpha value is -0.530. The summed E-state index contributed by atoms with van der Waals surface area (Å²) in [7, 11) is 1.27. The highest BCUT2D eigenvalue weighted by atomic mass is 32.2. The van der Waals surface area contributed by atoms with Crippen molar-refractivity contribution >= 4 is 17.7 Å². The molecule has 0 N–H and O–H groups in total. The molecule has 0 fully saturated rings. The largest absolute Gasteiger partial charge is 0.468 e. The summed E-state index contributed by atoms with van der Waals surface area (Å²) in [5, 5.41) is -0.377. The highest BCUT2D eigenvalue weighted by Gasteiger charge is 2.56. The molecule has 0 heterocycles. The maximum absolute atomic E-state index is 12.7. The highest BCUT2D eigenvalue weighted by Crippen LogP contribution is 2.39. The van der Waals surface area contributed by atoms with Crippen molar-refractivity contribution in [1.29, 1.82) is 0 Å². The number of unbranched alkanes of at least 4 members (excludes halogenated alkanes) is 2. The molecule has 0 rings (SSSR count). The minimum absolute atomic E-state index is 0.204. The van der Waals surface area contributed by atoms with Crippen LogP contribution in [0, 0.1) is 0 Å². The molecule has 0 saturated carbocycles. The lowest BCUT2D eigenvalue weighted by Gasteiger charge is -2.19. The molecule has 0 amide bonds. The van der Waals surface area contributed by atoms with E-state index < -0.39 is 18.5 Å². The van der Waals surface area contributed by atoms with Gasteiger partial charge in [-0.2, -0.15) is 22.0 Å². The van der Waals surface area contributed by atoms with Gasteiger partial charge in [-0.1, -0.05) is 19.8 Å². The number of esters is 1. The normalized spacial score (nSPS) is 14.0. The Bertz CT molecular complexity index is 307. The van der Waals surface area contributed by atoms with Gasteiger partial charge in [0.1, 0.15) is 5.25 Å². The number of carbonyl (C=O) groups is 1. The molecule has 2 nitrogen and oxygen atoms in total. The predicted octanol–water partition coefficient (Wildman–Crippen LogP) is 4.82. The Morgan fingerprint density at radius 1 is 1.14 bits per heavy atom. The van der Waals surface area contributed by atoms with Crippen LogP contribution in [-0.2, 0) is 9.53 Å². The lowest BCUT2D eigenvalue weighted by molar-refractivity contribution is -0.284. The van der Waals surface area contributed by atoms with Crippen LogP contribution in [0.5, 0.6) is 0 Å². The number of ether oxygens (including phenoxy) is 1. The minimum atomic E-state index is -5.49. The van der Waals surface area contributed by atoms with E-state index in [1.165, 1.54) is 18.9 Å². The number of rotatable bonds is 10. The molecule has 126 valence electrons. The summed E-state index contributed by atoms with van der Waals surface area (Å²) in [6, 6.07) is 0. The standard InChI is InChI=1S/C13H21F5O2S/c1-3-4-7-10(11(19)20-2)21-9-6-5-8-12(14,15)13(16,17)18/h10H,3-9H2,1-2H3. The summed E-state index contributed by atoms with van der Waals surface area (Å²) >= 11 is 1.25. The van der Waals surface area contributed by atoms with E-state index in [2.05, 4.69) is 4.74 Å². The van der Waals surface area contributed by atoms with Gasteiger partial charge in [-0.05, 0) is 25.0 Å². The van der Waals surface area contributed by atoms with Crippen molar-refractivity contribution in [3.8, 4) is 0 Å².